The Bertz CT molecular complexity index is 889. The maximum Gasteiger partial charge on any atom is 0.243 e. The Morgan fingerprint density at radius 1 is 0.929 bits per heavy atom. The number of amides is 3. The highest BCUT2D eigenvalue weighted by atomic mass is 32.2. The fourth-order valence-electron chi connectivity index (χ4n) is 2.19. The molecule has 0 aromatic heterocycles. The zero-order chi connectivity index (χ0) is 20.4. The first kappa shape index (κ1) is 21.1. The molecule has 7 heteroatoms. The van der Waals surface area contributed by atoms with Crippen molar-refractivity contribution in [3.05, 3.63) is 59.7 Å². The molecule has 0 fully saturated rings. The van der Waals surface area contributed by atoms with Gasteiger partial charge in [-0.25, -0.2) is 0 Å². The van der Waals surface area contributed by atoms with Crippen molar-refractivity contribution < 1.29 is 14.4 Å². The van der Waals surface area contributed by atoms with Crippen LogP contribution in [-0.4, -0.2) is 35.8 Å². The van der Waals surface area contributed by atoms with Crippen LogP contribution in [0.5, 0.6) is 0 Å². The minimum absolute atomic E-state index is 0.0845. The summed E-state index contributed by atoms with van der Waals surface area (Å²) in [5.41, 5.74) is 3.04. The number of nitrogens with one attached hydrogen (secondary N) is 3. The van der Waals surface area contributed by atoms with Gasteiger partial charge in [0.15, 0.2) is 0 Å². The third-order valence-electron chi connectivity index (χ3n) is 3.56. The zero-order valence-corrected chi connectivity index (χ0v) is 16.3. The number of benzene rings is 2. The van der Waals surface area contributed by atoms with Crippen molar-refractivity contribution in [2.24, 2.45) is 0 Å². The number of carbonyl (C=O) groups is 3. The number of carbonyl (C=O) groups excluding carboxylic acids is 3. The lowest BCUT2D eigenvalue weighted by molar-refractivity contribution is -0.122. The Hall–Kier alpha value is -3.24. The highest BCUT2D eigenvalue weighted by molar-refractivity contribution is 8.00. The first-order valence-electron chi connectivity index (χ1n) is 8.54. The number of rotatable bonds is 8. The quantitative estimate of drug-likeness (QED) is 0.599. The SMILES string of the molecule is C#Cc1cccc(NC(=O)CNC(=O)CSCC(=O)Nc2ccc(C)cc2)c1. The van der Waals surface area contributed by atoms with Gasteiger partial charge in [0.2, 0.25) is 17.7 Å². The van der Waals surface area contributed by atoms with E-state index in [4.69, 9.17) is 6.42 Å². The molecule has 0 bridgehead atoms. The van der Waals surface area contributed by atoms with Crippen molar-refractivity contribution in [3.63, 3.8) is 0 Å². The van der Waals surface area contributed by atoms with E-state index in [-0.39, 0.29) is 35.8 Å². The van der Waals surface area contributed by atoms with E-state index in [2.05, 4.69) is 21.9 Å². The molecule has 28 heavy (non-hydrogen) atoms. The maximum atomic E-state index is 11.9. The van der Waals surface area contributed by atoms with Crippen LogP contribution in [0.3, 0.4) is 0 Å². The Labute approximate surface area is 168 Å². The standard InChI is InChI=1S/C21H21N3O3S/c1-3-16-5-4-6-18(11-16)24-19(25)12-22-20(26)13-28-14-21(27)23-17-9-7-15(2)8-10-17/h1,4-11H,12-14H2,2H3,(H,22,26)(H,23,27)(H,24,25). The lowest BCUT2D eigenvalue weighted by Crippen LogP contribution is -2.34. The van der Waals surface area contributed by atoms with Crippen molar-refractivity contribution in [3.8, 4) is 12.3 Å². The van der Waals surface area contributed by atoms with Crippen LogP contribution in [0, 0.1) is 19.3 Å². The molecular weight excluding hydrogens is 374 g/mol. The summed E-state index contributed by atoms with van der Waals surface area (Å²) in [5, 5.41) is 7.93. The van der Waals surface area contributed by atoms with E-state index in [1.54, 1.807) is 24.3 Å². The van der Waals surface area contributed by atoms with Crippen LogP contribution in [0.4, 0.5) is 11.4 Å². The predicted molar refractivity (Wildman–Crippen MR) is 113 cm³/mol. The molecule has 0 heterocycles. The molecule has 2 aromatic rings. The number of anilines is 2. The van der Waals surface area contributed by atoms with Crippen LogP contribution in [0.25, 0.3) is 0 Å². The molecule has 0 aliphatic rings. The second-order valence-electron chi connectivity index (χ2n) is 5.96. The Morgan fingerprint density at radius 2 is 1.61 bits per heavy atom. The minimum Gasteiger partial charge on any atom is -0.346 e. The molecule has 3 N–H and O–H groups in total. The molecular formula is C21H21N3O3S. The molecule has 0 unspecified atom stereocenters. The van der Waals surface area contributed by atoms with Crippen LogP contribution in [0.2, 0.25) is 0 Å². The summed E-state index contributed by atoms with van der Waals surface area (Å²) in [4.78, 5) is 35.5. The van der Waals surface area contributed by atoms with Crippen molar-refractivity contribution in [2.75, 3.05) is 28.7 Å². The summed E-state index contributed by atoms with van der Waals surface area (Å²) in [6.45, 7) is 1.81. The van der Waals surface area contributed by atoms with E-state index in [9.17, 15) is 14.4 Å². The molecule has 3 amide bonds. The van der Waals surface area contributed by atoms with Crippen molar-refractivity contribution in [1.82, 2.24) is 5.32 Å². The Kier molecular flexibility index (Phi) is 8.12. The second-order valence-corrected chi connectivity index (χ2v) is 6.94. The molecule has 0 aliphatic carbocycles. The van der Waals surface area contributed by atoms with Crippen molar-refractivity contribution >= 4 is 40.9 Å². The predicted octanol–water partition coefficient (Wildman–Crippen LogP) is 2.40. The molecule has 0 atom stereocenters. The zero-order valence-electron chi connectivity index (χ0n) is 15.5. The fourth-order valence-corrected chi connectivity index (χ4v) is 2.84. The number of hydrogen-bond acceptors (Lipinski definition) is 4. The van der Waals surface area contributed by atoms with Crippen LogP contribution >= 0.6 is 11.8 Å². The summed E-state index contributed by atoms with van der Waals surface area (Å²) in [5.74, 6) is 1.85. The fraction of sp³-hybridized carbons (Fsp3) is 0.190. The summed E-state index contributed by atoms with van der Waals surface area (Å²) in [6, 6.07) is 14.3. The average molecular weight is 395 g/mol. The van der Waals surface area contributed by atoms with E-state index in [0.717, 1.165) is 5.56 Å². The molecule has 6 nitrogen and oxygen atoms in total. The summed E-state index contributed by atoms with van der Waals surface area (Å²) in [6.07, 6.45) is 5.31. The lowest BCUT2D eigenvalue weighted by Gasteiger charge is -2.08. The molecule has 144 valence electrons. The number of terminal acetylenes is 1. The van der Waals surface area contributed by atoms with Crippen LogP contribution < -0.4 is 16.0 Å². The van der Waals surface area contributed by atoms with Gasteiger partial charge in [0, 0.05) is 16.9 Å². The smallest absolute Gasteiger partial charge is 0.243 e. The van der Waals surface area contributed by atoms with Gasteiger partial charge in [0.1, 0.15) is 0 Å². The molecule has 0 spiro atoms. The third kappa shape index (κ3) is 7.56. The van der Waals surface area contributed by atoms with E-state index in [1.165, 1.54) is 11.8 Å². The molecule has 0 aliphatic heterocycles. The second kappa shape index (κ2) is 10.8. The first-order chi connectivity index (χ1) is 13.5. The number of aryl methyl sites for hydroxylation is 1. The topological polar surface area (TPSA) is 87.3 Å². The van der Waals surface area contributed by atoms with Gasteiger partial charge in [0.25, 0.3) is 0 Å². The van der Waals surface area contributed by atoms with Crippen LogP contribution in [-0.2, 0) is 14.4 Å². The number of hydrogen-bond donors (Lipinski definition) is 3. The monoisotopic (exact) mass is 395 g/mol. The van der Waals surface area contributed by atoms with E-state index >= 15 is 0 Å². The van der Waals surface area contributed by atoms with Gasteiger partial charge in [-0.3, -0.25) is 14.4 Å². The van der Waals surface area contributed by atoms with Gasteiger partial charge in [-0.05, 0) is 37.3 Å². The molecule has 2 rings (SSSR count). The minimum atomic E-state index is -0.357. The molecule has 0 saturated heterocycles. The largest absolute Gasteiger partial charge is 0.346 e. The van der Waals surface area contributed by atoms with Crippen LogP contribution in [0.15, 0.2) is 48.5 Å². The van der Waals surface area contributed by atoms with Gasteiger partial charge in [-0.15, -0.1) is 18.2 Å². The summed E-state index contributed by atoms with van der Waals surface area (Å²) in [7, 11) is 0. The summed E-state index contributed by atoms with van der Waals surface area (Å²) >= 11 is 1.17. The summed E-state index contributed by atoms with van der Waals surface area (Å²) < 4.78 is 0. The third-order valence-corrected chi connectivity index (χ3v) is 4.49. The molecule has 0 radical (unpaired) electrons. The average Bonchev–Trinajstić information content (AvgIpc) is 2.68. The van der Waals surface area contributed by atoms with Gasteiger partial charge in [-0.2, -0.15) is 0 Å². The van der Waals surface area contributed by atoms with Gasteiger partial charge in [-0.1, -0.05) is 29.7 Å². The van der Waals surface area contributed by atoms with Gasteiger partial charge < -0.3 is 16.0 Å². The van der Waals surface area contributed by atoms with E-state index in [1.807, 2.05) is 31.2 Å². The Balaban J connectivity index is 1.64. The molecule has 0 saturated carbocycles. The van der Waals surface area contributed by atoms with Crippen molar-refractivity contribution in [2.45, 2.75) is 6.92 Å². The normalized spacial score (nSPS) is 9.86. The van der Waals surface area contributed by atoms with Gasteiger partial charge in [0.05, 0.1) is 18.1 Å². The molecule has 2 aromatic carbocycles. The van der Waals surface area contributed by atoms with Gasteiger partial charge >= 0.3 is 0 Å². The van der Waals surface area contributed by atoms with Crippen LogP contribution in [0.1, 0.15) is 11.1 Å². The van der Waals surface area contributed by atoms with Crippen molar-refractivity contribution in [1.29, 1.82) is 0 Å². The lowest BCUT2D eigenvalue weighted by atomic mass is 10.2. The first-order valence-corrected chi connectivity index (χ1v) is 9.69. The highest BCUT2D eigenvalue weighted by Gasteiger charge is 2.08. The highest BCUT2D eigenvalue weighted by Crippen LogP contribution is 2.10. The Morgan fingerprint density at radius 3 is 2.32 bits per heavy atom. The van der Waals surface area contributed by atoms with E-state index < -0.39 is 0 Å². The van der Waals surface area contributed by atoms with E-state index in [0.29, 0.717) is 16.9 Å². The number of thioether (sulfide) groups is 1. The maximum absolute atomic E-state index is 11.9.